The average Bonchev–Trinajstić information content (AvgIpc) is 2.03. The minimum atomic E-state index is -0.149. The van der Waals surface area contributed by atoms with Crippen molar-refractivity contribution in [2.24, 2.45) is 0 Å². The lowest BCUT2D eigenvalue weighted by Gasteiger charge is -2.01. The van der Waals surface area contributed by atoms with Crippen LogP contribution in [0.4, 0.5) is 5.69 Å². The molecule has 0 bridgehead atoms. The molecule has 1 aromatic heterocycles. The third kappa shape index (κ3) is 1.51. The molecule has 1 aromatic rings. The van der Waals surface area contributed by atoms with Crippen molar-refractivity contribution in [3.63, 3.8) is 0 Å². The molecular formula is C8H8N2OS. The van der Waals surface area contributed by atoms with Gasteiger partial charge in [0.25, 0.3) is 0 Å². The minimum Gasteiger partial charge on any atom is -0.326 e. The fourth-order valence-electron chi connectivity index (χ4n) is 0.938. The molecule has 62 valence electrons. The predicted octanol–water partition coefficient (Wildman–Crippen LogP) is 1.96. The first-order chi connectivity index (χ1) is 5.69. The molecule has 0 unspecified atom stereocenters. The van der Waals surface area contributed by atoms with Gasteiger partial charge in [0.05, 0.1) is 11.6 Å². The summed E-state index contributed by atoms with van der Waals surface area (Å²) in [5.41, 5.74) is 1.13. The SMILES string of the molecule is [C-]#[N+]c1c(C)cc(=O)[nH]c1SC. The van der Waals surface area contributed by atoms with Crippen LogP contribution in [0.3, 0.4) is 0 Å². The van der Waals surface area contributed by atoms with Crippen molar-refractivity contribution in [3.8, 4) is 0 Å². The van der Waals surface area contributed by atoms with E-state index in [1.165, 1.54) is 17.8 Å². The van der Waals surface area contributed by atoms with Crippen molar-refractivity contribution < 1.29 is 0 Å². The third-order valence-electron chi connectivity index (χ3n) is 1.49. The number of aromatic amines is 1. The Balaban J connectivity index is 3.47. The molecule has 0 aliphatic heterocycles. The third-order valence-corrected chi connectivity index (χ3v) is 2.19. The van der Waals surface area contributed by atoms with Gasteiger partial charge in [-0.25, -0.2) is 4.85 Å². The van der Waals surface area contributed by atoms with Gasteiger partial charge in [0.15, 0.2) is 0 Å². The molecule has 0 saturated heterocycles. The van der Waals surface area contributed by atoms with Crippen LogP contribution in [-0.4, -0.2) is 11.2 Å². The molecule has 0 amide bonds. The highest BCUT2D eigenvalue weighted by atomic mass is 32.2. The summed E-state index contributed by atoms with van der Waals surface area (Å²) in [4.78, 5) is 16.9. The Hall–Kier alpha value is -1.21. The van der Waals surface area contributed by atoms with Gasteiger partial charge in [-0.3, -0.25) is 4.79 Å². The molecule has 1 N–H and O–H groups in total. The second-order valence-corrected chi connectivity index (χ2v) is 3.13. The molecule has 0 radical (unpaired) electrons. The van der Waals surface area contributed by atoms with Gasteiger partial charge >= 0.3 is 0 Å². The molecule has 0 aromatic carbocycles. The van der Waals surface area contributed by atoms with E-state index < -0.39 is 0 Å². The van der Waals surface area contributed by atoms with Crippen molar-refractivity contribution in [2.75, 3.05) is 6.26 Å². The summed E-state index contributed by atoms with van der Waals surface area (Å²) in [6.45, 7) is 8.66. The maximum Gasteiger partial charge on any atom is 0.246 e. The van der Waals surface area contributed by atoms with Crippen LogP contribution in [0.2, 0.25) is 0 Å². The summed E-state index contributed by atoms with van der Waals surface area (Å²) in [6, 6.07) is 1.44. The number of nitrogens with zero attached hydrogens (tertiary/aromatic N) is 1. The second kappa shape index (κ2) is 3.46. The number of aryl methyl sites for hydroxylation is 1. The summed E-state index contributed by atoms with van der Waals surface area (Å²) in [5.74, 6) is 0. The van der Waals surface area contributed by atoms with Crippen molar-refractivity contribution in [2.45, 2.75) is 11.9 Å². The quantitative estimate of drug-likeness (QED) is 0.530. The predicted molar refractivity (Wildman–Crippen MR) is 49.8 cm³/mol. The number of nitrogens with one attached hydrogen (secondary N) is 1. The van der Waals surface area contributed by atoms with E-state index in [-0.39, 0.29) is 5.56 Å². The molecular weight excluding hydrogens is 172 g/mol. The lowest BCUT2D eigenvalue weighted by atomic mass is 10.2. The Labute approximate surface area is 74.6 Å². The molecule has 12 heavy (non-hydrogen) atoms. The molecule has 4 heteroatoms. The van der Waals surface area contributed by atoms with Gasteiger partial charge < -0.3 is 4.98 Å². The Morgan fingerprint density at radius 1 is 1.67 bits per heavy atom. The normalized spacial score (nSPS) is 9.42. The molecule has 3 nitrogen and oxygen atoms in total. The topological polar surface area (TPSA) is 37.2 Å². The lowest BCUT2D eigenvalue weighted by Crippen LogP contribution is -2.05. The summed E-state index contributed by atoms with van der Waals surface area (Å²) in [5, 5.41) is 0.648. The van der Waals surface area contributed by atoms with Gasteiger partial charge in [-0.2, -0.15) is 0 Å². The molecule has 0 aliphatic carbocycles. The lowest BCUT2D eigenvalue weighted by molar-refractivity contribution is 1.08. The smallest absolute Gasteiger partial charge is 0.246 e. The molecule has 1 heterocycles. The fraction of sp³-hybridized carbons (Fsp3) is 0.250. The molecule has 0 fully saturated rings. The zero-order valence-electron chi connectivity index (χ0n) is 6.84. The molecule has 0 aliphatic rings. The largest absolute Gasteiger partial charge is 0.326 e. The number of thioether (sulfide) groups is 1. The van der Waals surface area contributed by atoms with E-state index in [1.54, 1.807) is 6.92 Å². The van der Waals surface area contributed by atoms with Crippen LogP contribution in [0, 0.1) is 13.5 Å². The molecule has 0 saturated carbocycles. The zero-order chi connectivity index (χ0) is 9.14. The van der Waals surface area contributed by atoms with Crippen LogP contribution < -0.4 is 5.56 Å². The number of aromatic nitrogens is 1. The first kappa shape index (κ1) is 8.88. The summed E-state index contributed by atoms with van der Waals surface area (Å²) >= 11 is 1.38. The highest BCUT2D eigenvalue weighted by molar-refractivity contribution is 7.98. The van der Waals surface area contributed by atoms with E-state index in [0.29, 0.717) is 10.7 Å². The van der Waals surface area contributed by atoms with Crippen molar-refractivity contribution in [1.82, 2.24) is 4.98 Å². The Morgan fingerprint density at radius 3 is 2.83 bits per heavy atom. The van der Waals surface area contributed by atoms with E-state index in [1.807, 2.05) is 6.26 Å². The van der Waals surface area contributed by atoms with Crippen LogP contribution in [0.25, 0.3) is 4.85 Å². The maximum absolute atomic E-state index is 11.0. The van der Waals surface area contributed by atoms with E-state index >= 15 is 0 Å². The highest BCUT2D eigenvalue weighted by Gasteiger charge is 2.05. The van der Waals surface area contributed by atoms with E-state index in [9.17, 15) is 4.79 Å². The molecule has 0 atom stereocenters. The number of pyridine rings is 1. The zero-order valence-corrected chi connectivity index (χ0v) is 7.66. The number of rotatable bonds is 1. The van der Waals surface area contributed by atoms with Crippen LogP contribution >= 0.6 is 11.8 Å². The molecule has 0 spiro atoms. The van der Waals surface area contributed by atoms with Gasteiger partial charge in [-0.1, -0.05) is 0 Å². The fourth-order valence-corrected chi connectivity index (χ4v) is 1.54. The number of H-pyrrole nitrogens is 1. The summed E-state index contributed by atoms with van der Waals surface area (Å²) in [6.07, 6.45) is 1.83. The second-order valence-electron chi connectivity index (χ2n) is 2.31. The van der Waals surface area contributed by atoms with E-state index in [4.69, 9.17) is 6.57 Å². The number of hydrogen-bond donors (Lipinski definition) is 1. The van der Waals surface area contributed by atoms with Crippen LogP contribution in [0.1, 0.15) is 5.56 Å². The Kier molecular flexibility index (Phi) is 2.56. The van der Waals surface area contributed by atoms with Gasteiger partial charge in [0.1, 0.15) is 0 Å². The van der Waals surface area contributed by atoms with Crippen LogP contribution in [0.5, 0.6) is 0 Å². The summed E-state index contributed by atoms with van der Waals surface area (Å²) < 4.78 is 0. The maximum atomic E-state index is 11.0. The van der Waals surface area contributed by atoms with Crippen LogP contribution in [-0.2, 0) is 0 Å². The standard InChI is InChI=1S/C8H8N2OS/c1-5-4-6(11)10-8(12-3)7(5)9-2/h4H,1,3H3,(H,10,11). The van der Waals surface area contributed by atoms with Gasteiger partial charge in [0.2, 0.25) is 11.2 Å². The first-order valence-corrected chi connectivity index (χ1v) is 4.57. The average molecular weight is 180 g/mol. The Bertz CT molecular complexity index is 389. The monoisotopic (exact) mass is 180 g/mol. The number of hydrogen-bond acceptors (Lipinski definition) is 2. The summed E-state index contributed by atoms with van der Waals surface area (Å²) in [7, 11) is 0. The van der Waals surface area contributed by atoms with E-state index in [2.05, 4.69) is 9.83 Å². The van der Waals surface area contributed by atoms with Crippen molar-refractivity contribution in [1.29, 1.82) is 0 Å². The van der Waals surface area contributed by atoms with Gasteiger partial charge in [-0.05, 0) is 24.8 Å². The van der Waals surface area contributed by atoms with Crippen LogP contribution in [0.15, 0.2) is 15.9 Å². The van der Waals surface area contributed by atoms with Crippen molar-refractivity contribution >= 4 is 17.4 Å². The van der Waals surface area contributed by atoms with Gasteiger partial charge in [0, 0.05) is 0 Å². The van der Waals surface area contributed by atoms with Gasteiger partial charge in [-0.15, -0.1) is 11.8 Å². The Morgan fingerprint density at radius 2 is 2.33 bits per heavy atom. The molecule has 1 rings (SSSR count). The van der Waals surface area contributed by atoms with E-state index in [0.717, 1.165) is 5.56 Å². The highest BCUT2D eigenvalue weighted by Crippen LogP contribution is 2.27. The van der Waals surface area contributed by atoms with Crippen molar-refractivity contribution in [3.05, 3.63) is 33.4 Å². The first-order valence-electron chi connectivity index (χ1n) is 3.34. The minimum absolute atomic E-state index is 0.149.